The molecular formula is C14H17NO5S. The molecule has 0 amide bonds. The highest BCUT2D eigenvalue weighted by atomic mass is 32.2. The van der Waals surface area contributed by atoms with Crippen molar-refractivity contribution >= 4 is 10.1 Å². The Morgan fingerprint density at radius 3 is 2.76 bits per heavy atom. The molecule has 0 unspecified atom stereocenters. The summed E-state index contributed by atoms with van der Waals surface area (Å²) in [6, 6.07) is 7.37. The monoisotopic (exact) mass is 311 g/mol. The van der Waals surface area contributed by atoms with Gasteiger partial charge in [0.05, 0.1) is 25.7 Å². The van der Waals surface area contributed by atoms with Gasteiger partial charge in [0, 0.05) is 12.0 Å². The Bertz CT molecular complexity index is 721. The van der Waals surface area contributed by atoms with Gasteiger partial charge in [0.1, 0.15) is 11.5 Å². The van der Waals surface area contributed by atoms with E-state index in [9.17, 15) is 8.42 Å². The molecule has 1 aromatic heterocycles. The maximum atomic E-state index is 10.9. The summed E-state index contributed by atoms with van der Waals surface area (Å²) in [5.41, 5.74) is 1.48. The van der Waals surface area contributed by atoms with Gasteiger partial charge in [-0.3, -0.25) is 4.18 Å². The van der Waals surface area contributed by atoms with Crippen molar-refractivity contribution in [2.24, 2.45) is 0 Å². The fourth-order valence-electron chi connectivity index (χ4n) is 1.83. The van der Waals surface area contributed by atoms with E-state index in [1.165, 1.54) is 0 Å². The van der Waals surface area contributed by atoms with Crippen molar-refractivity contribution in [3.05, 3.63) is 35.7 Å². The Morgan fingerprint density at radius 1 is 1.33 bits per heavy atom. The van der Waals surface area contributed by atoms with E-state index in [2.05, 4.69) is 4.98 Å². The van der Waals surface area contributed by atoms with Gasteiger partial charge in [-0.2, -0.15) is 8.42 Å². The van der Waals surface area contributed by atoms with Crippen molar-refractivity contribution < 1.29 is 21.8 Å². The number of nitrogens with zero attached hydrogens (tertiary/aromatic N) is 1. The summed E-state index contributed by atoms with van der Waals surface area (Å²) >= 11 is 0. The maximum Gasteiger partial charge on any atom is 0.264 e. The van der Waals surface area contributed by atoms with E-state index in [1.807, 2.05) is 24.3 Å². The second-order valence-corrected chi connectivity index (χ2v) is 6.17. The summed E-state index contributed by atoms with van der Waals surface area (Å²) < 4.78 is 37.3. The number of aromatic nitrogens is 1. The smallest absolute Gasteiger partial charge is 0.264 e. The van der Waals surface area contributed by atoms with Gasteiger partial charge in [-0.1, -0.05) is 6.07 Å². The van der Waals surface area contributed by atoms with Crippen molar-refractivity contribution in [2.45, 2.75) is 13.3 Å². The Balaban J connectivity index is 2.14. The summed E-state index contributed by atoms with van der Waals surface area (Å²) in [7, 11) is -1.85. The van der Waals surface area contributed by atoms with Crippen molar-refractivity contribution in [2.75, 3.05) is 20.0 Å². The normalized spacial score (nSPS) is 11.6. The Kier molecular flexibility index (Phi) is 4.64. The summed E-state index contributed by atoms with van der Waals surface area (Å²) in [4.78, 5) is 4.38. The van der Waals surface area contributed by atoms with Crippen LogP contribution in [0.4, 0.5) is 0 Å². The van der Waals surface area contributed by atoms with Crippen LogP contribution in [0, 0.1) is 6.92 Å². The van der Waals surface area contributed by atoms with Crippen molar-refractivity contribution in [1.29, 1.82) is 0 Å². The first-order valence-electron chi connectivity index (χ1n) is 6.34. The van der Waals surface area contributed by atoms with Crippen LogP contribution in [0.25, 0.3) is 11.5 Å². The molecule has 2 rings (SSSR count). The molecule has 1 heterocycles. The van der Waals surface area contributed by atoms with E-state index in [0.717, 1.165) is 11.8 Å². The minimum Gasteiger partial charge on any atom is -0.497 e. The summed E-state index contributed by atoms with van der Waals surface area (Å²) in [5, 5.41) is 0. The van der Waals surface area contributed by atoms with Crippen LogP contribution < -0.4 is 4.74 Å². The van der Waals surface area contributed by atoms with Crippen molar-refractivity contribution in [1.82, 2.24) is 4.98 Å². The van der Waals surface area contributed by atoms with Gasteiger partial charge in [0.15, 0.2) is 0 Å². The Hall–Kier alpha value is -1.86. The van der Waals surface area contributed by atoms with Crippen molar-refractivity contribution in [3.8, 4) is 17.2 Å². The minimum atomic E-state index is -3.44. The van der Waals surface area contributed by atoms with E-state index in [0.29, 0.717) is 29.5 Å². The molecule has 7 heteroatoms. The molecule has 0 N–H and O–H groups in total. The second kappa shape index (κ2) is 6.28. The lowest BCUT2D eigenvalue weighted by Crippen LogP contribution is -2.06. The highest BCUT2D eigenvalue weighted by molar-refractivity contribution is 7.85. The lowest BCUT2D eigenvalue weighted by Gasteiger charge is -2.00. The summed E-state index contributed by atoms with van der Waals surface area (Å²) in [6.07, 6.45) is 1.39. The first kappa shape index (κ1) is 15.5. The maximum absolute atomic E-state index is 10.9. The quantitative estimate of drug-likeness (QED) is 0.761. The van der Waals surface area contributed by atoms with E-state index in [4.69, 9.17) is 13.3 Å². The SMILES string of the molecule is COc1cccc(-c2nc(CCOS(C)(=O)=O)c(C)o2)c1. The third-order valence-electron chi connectivity index (χ3n) is 2.85. The van der Waals surface area contributed by atoms with Crippen molar-refractivity contribution in [3.63, 3.8) is 0 Å². The fourth-order valence-corrected chi connectivity index (χ4v) is 2.22. The van der Waals surface area contributed by atoms with E-state index in [1.54, 1.807) is 14.0 Å². The Labute approximate surface area is 123 Å². The molecule has 6 nitrogen and oxygen atoms in total. The number of methoxy groups -OCH3 is 1. The zero-order valence-corrected chi connectivity index (χ0v) is 12.9. The fraction of sp³-hybridized carbons (Fsp3) is 0.357. The molecule has 114 valence electrons. The summed E-state index contributed by atoms with van der Waals surface area (Å²) in [5.74, 6) is 1.83. The molecule has 2 aromatic rings. The Morgan fingerprint density at radius 2 is 2.10 bits per heavy atom. The molecule has 0 spiro atoms. The topological polar surface area (TPSA) is 78.6 Å². The molecule has 21 heavy (non-hydrogen) atoms. The second-order valence-electron chi connectivity index (χ2n) is 4.53. The zero-order valence-electron chi connectivity index (χ0n) is 12.1. The standard InChI is InChI=1S/C14H17NO5S/c1-10-13(7-8-19-21(3,16)17)15-14(20-10)11-5-4-6-12(9-11)18-2/h4-6,9H,7-8H2,1-3H3. The minimum absolute atomic E-state index is 0.0454. The largest absolute Gasteiger partial charge is 0.497 e. The number of hydrogen-bond acceptors (Lipinski definition) is 6. The van der Waals surface area contributed by atoms with Crippen LogP contribution in [0.5, 0.6) is 5.75 Å². The molecule has 0 aliphatic rings. The van der Waals surface area contributed by atoms with Crippen LogP contribution in [0.3, 0.4) is 0 Å². The molecule has 0 aliphatic heterocycles. The van der Waals surface area contributed by atoms with Gasteiger partial charge in [-0.25, -0.2) is 4.98 Å². The van der Waals surface area contributed by atoms with Crippen LogP contribution in [0.15, 0.2) is 28.7 Å². The molecule has 0 fully saturated rings. The van der Waals surface area contributed by atoms with Gasteiger partial charge in [0.2, 0.25) is 5.89 Å². The molecular weight excluding hydrogens is 294 g/mol. The van der Waals surface area contributed by atoms with E-state index >= 15 is 0 Å². The lowest BCUT2D eigenvalue weighted by molar-refractivity contribution is 0.324. The first-order valence-corrected chi connectivity index (χ1v) is 8.16. The van der Waals surface area contributed by atoms with E-state index < -0.39 is 10.1 Å². The number of rotatable bonds is 6. The molecule has 0 atom stereocenters. The third-order valence-corrected chi connectivity index (χ3v) is 3.44. The number of oxazole rings is 1. The number of benzene rings is 1. The van der Waals surface area contributed by atoms with Gasteiger partial charge >= 0.3 is 0 Å². The summed E-state index contributed by atoms with van der Waals surface area (Å²) in [6.45, 7) is 1.83. The molecule has 0 radical (unpaired) electrons. The third kappa shape index (κ3) is 4.30. The molecule has 0 saturated heterocycles. The average Bonchev–Trinajstić information content (AvgIpc) is 2.79. The number of ether oxygens (including phenoxy) is 1. The van der Waals surface area contributed by atoms with Crippen LogP contribution in [0.1, 0.15) is 11.5 Å². The first-order chi connectivity index (χ1) is 9.89. The van der Waals surface area contributed by atoms with Gasteiger partial charge in [0.25, 0.3) is 10.1 Å². The number of aryl methyl sites for hydroxylation is 1. The zero-order chi connectivity index (χ0) is 15.5. The van der Waals surface area contributed by atoms with Gasteiger partial charge < -0.3 is 9.15 Å². The lowest BCUT2D eigenvalue weighted by atomic mass is 10.2. The van der Waals surface area contributed by atoms with Gasteiger partial charge in [-0.05, 0) is 25.1 Å². The van der Waals surface area contributed by atoms with Crippen LogP contribution in [-0.4, -0.2) is 33.4 Å². The van der Waals surface area contributed by atoms with Crippen LogP contribution in [-0.2, 0) is 20.7 Å². The van der Waals surface area contributed by atoms with Gasteiger partial charge in [-0.15, -0.1) is 0 Å². The number of hydrogen-bond donors (Lipinski definition) is 0. The molecule has 0 saturated carbocycles. The average molecular weight is 311 g/mol. The highest BCUT2D eigenvalue weighted by Gasteiger charge is 2.13. The highest BCUT2D eigenvalue weighted by Crippen LogP contribution is 2.25. The van der Waals surface area contributed by atoms with E-state index in [-0.39, 0.29) is 6.61 Å². The predicted molar refractivity (Wildman–Crippen MR) is 77.7 cm³/mol. The molecule has 1 aromatic carbocycles. The van der Waals surface area contributed by atoms with Crippen LogP contribution in [0.2, 0.25) is 0 Å². The van der Waals surface area contributed by atoms with Crippen LogP contribution >= 0.6 is 0 Å². The molecule has 0 aliphatic carbocycles. The molecule has 0 bridgehead atoms. The predicted octanol–water partition coefficient (Wildman–Crippen LogP) is 2.18.